The summed E-state index contributed by atoms with van der Waals surface area (Å²) in [6, 6.07) is 0. The number of hydrogen-bond donors (Lipinski definition) is 10. The van der Waals surface area contributed by atoms with Gasteiger partial charge in [-0.25, -0.2) is 0 Å². The van der Waals surface area contributed by atoms with Crippen LogP contribution in [0.3, 0.4) is 0 Å². The molecule has 10 N–H and O–H groups in total. The van der Waals surface area contributed by atoms with Gasteiger partial charge in [0.05, 0.1) is 0 Å². The van der Waals surface area contributed by atoms with Crippen LogP contribution >= 0.6 is 0 Å². The molecule has 70 valence electrons. The molecule has 0 saturated heterocycles. The van der Waals surface area contributed by atoms with E-state index in [1.165, 1.54) is 0 Å². The van der Waals surface area contributed by atoms with Gasteiger partial charge in [0.25, 0.3) is 0 Å². The Morgan fingerprint density at radius 1 is 0.200 bits per heavy atom. The van der Waals surface area contributed by atoms with Crippen molar-refractivity contribution in [2.45, 2.75) is 0 Å². The summed E-state index contributed by atoms with van der Waals surface area (Å²) in [7, 11) is 0. The van der Waals surface area contributed by atoms with E-state index in [9.17, 15) is 0 Å². The van der Waals surface area contributed by atoms with Crippen molar-refractivity contribution < 1.29 is 52.6 Å². The van der Waals surface area contributed by atoms with Crippen molar-refractivity contribution in [1.29, 1.82) is 0 Å². The van der Waals surface area contributed by atoms with E-state index in [1.807, 2.05) is 0 Å². The molecule has 0 spiro atoms. The van der Waals surface area contributed by atoms with Gasteiger partial charge in [0, 0.05) is 0 Å². The van der Waals surface area contributed by atoms with Crippen molar-refractivity contribution in [2.24, 2.45) is 0 Å². The van der Waals surface area contributed by atoms with E-state index in [2.05, 4.69) is 0 Å². The molecule has 0 aliphatic carbocycles. The summed E-state index contributed by atoms with van der Waals surface area (Å²) in [5.41, 5.74) is 0. The van der Waals surface area contributed by atoms with Crippen LogP contribution in [0.25, 0.3) is 0 Å². The molecule has 0 fully saturated rings. The van der Waals surface area contributed by atoms with Crippen LogP contribution in [0.5, 0.6) is 0 Å². The Morgan fingerprint density at radius 3 is 0.200 bits per heavy atom. The fourth-order valence-electron chi connectivity index (χ4n) is 0. The predicted molar refractivity (Wildman–Crippen MR) is 26.3 cm³/mol. The molecular weight excluding hydrogens is 160 g/mol. The van der Waals surface area contributed by atoms with Crippen LogP contribution in [0.1, 0.15) is 0 Å². The maximum absolute atomic E-state index is 6.00. The lowest BCUT2D eigenvalue weighted by molar-refractivity contribution is -0.176. The summed E-state index contributed by atoms with van der Waals surface area (Å²) in [6.07, 6.45) is 0. The Balaban J connectivity index is -0.0000000104. The monoisotopic (exact) mass is 170 g/mol. The molecule has 0 radical (unpaired) electrons. The van der Waals surface area contributed by atoms with Crippen molar-refractivity contribution in [1.82, 2.24) is 0 Å². The van der Waals surface area contributed by atoms with Crippen molar-refractivity contribution in [3.8, 4) is 0 Å². The standard InChI is InChI=1S/5H2O2/c5*1-2/h5*1-2H. The SMILES string of the molecule is OO.OO.OO.OO.OO. The third-order valence-electron chi connectivity index (χ3n) is 0. The molecule has 0 unspecified atom stereocenters. The van der Waals surface area contributed by atoms with Crippen molar-refractivity contribution in [3.63, 3.8) is 0 Å². The third kappa shape index (κ3) is 2070. The molecule has 0 aromatic carbocycles. The first kappa shape index (κ1) is 33.6. The first-order valence-corrected chi connectivity index (χ1v) is 1.000. The molecule has 0 heterocycles. The zero-order valence-corrected chi connectivity index (χ0v) is 4.47. The molecule has 0 aromatic heterocycles. The molecule has 10 heteroatoms. The topological polar surface area (TPSA) is 202 Å². The van der Waals surface area contributed by atoms with Crippen LogP contribution in [0.15, 0.2) is 0 Å². The van der Waals surface area contributed by atoms with Gasteiger partial charge in [0.2, 0.25) is 0 Å². The van der Waals surface area contributed by atoms with E-state index in [1.54, 1.807) is 0 Å². The van der Waals surface area contributed by atoms with Crippen molar-refractivity contribution >= 4 is 0 Å². The normalized spacial score (nSPS) is 3.00. The van der Waals surface area contributed by atoms with Gasteiger partial charge in [-0.15, -0.1) is 0 Å². The Labute approximate surface area is 54.0 Å². The predicted octanol–water partition coefficient (Wildman–Crippen LogP) is 0.0870. The summed E-state index contributed by atoms with van der Waals surface area (Å²) in [5.74, 6) is 0. The van der Waals surface area contributed by atoms with Gasteiger partial charge >= 0.3 is 0 Å². The van der Waals surface area contributed by atoms with E-state index in [0.29, 0.717) is 0 Å². The van der Waals surface area contributed by atoms with E-state index in [-0.39, 0.29) is 0 Å². The Morgan fingerprint density at radius 2 is 0.200 bits per heavy atom. The lowest BCUT2D eigenvalue weighted by atomic mass is 15.0. The summed E-state index contributed by atoms with van der Waals surface area (Å²) < 4.78 is 0. The minimum absolute atomic E-state index is 6.00. The van der Waals surface area contributed by atoms with Gasteiger partial charge < -0.3 is 0 Å². The average Bonchev–Trinajstić information content (AvgIpc) is 2.20. The third-order valence-corrected chi connectivity index (χ3v) is 0. The van der Waals surface area contributed by atoms with Crippen LogP contribution in [0.2, 0.25) is 0 Å². The van der Waals surface area contributed by atoms with Gasteiger partial charge in [-0.3, -0.25) is 52.6 Å². The highest BCUT2D eigenvalue weighted by Crippen LogP contribution is 0.719. The highest BCUT2D eigenvalue weighted by molar-refractivity contribution is 1.83. The van der Waals surface area contributed by atoms with E-state index in [4.69, 9.17) is 52.6 Å². The summed E-state index contributed by atoms with van der Waals surface area (Å²) in [6.45, 7) is 0. The second-order valence-electron chi connectivity index (χ2n) is 0. The second kappa shape index (κ2) is 3100. The fraction of sp³-hybridized carbons (Fsp3) is 0. The minimum atomic E-state index is 6.00. The Bertz CT molecular complexity index is 0. The maximum atomic E-state index is 6.00. The van der Waals surface area contributed by atoms with Crippen molar-refractivity contribution in [2.75, 3.05) is 0 Å². The molecule has 0 aliphatic heterocycles. The van der Waals surface area contributed by atoms with Crippen LogP contribution in [-0.2, 0) is 0 Å². The average molecular weight is 170 g/mol. The Kier molecular flexibility index (Phi) is 10400. The first-order chi connectivity index (χ1) is 5.00. The van der Waals surface area contributed by atoms with Gasteiger partial charge in [-0.2, -0.15) is 0 Å². The molecule has 10 heavy (non-hydrogen) atoms. The van der Waals surface area contributed by atoms with Gasteiger partial charge in [0.15, 0.2) is 0 Å². The molecule has 0 amide bonds. The molecular formula is H10O10. The van der Waals surface area contributed by atoms with E-state index in [0.717, 1.165) is 0 Å². The largest absolute Gasteiger partial charge is 0.255 e. The molecule has 0 aromatic rings. The summed E-state index contributed by atoms with van der Waals surface area (Å²) in [5, 5.41) is 60.0. The van der Waals surface area contributed by atoms with Gasteiger partial charge in [0.1, 0.15) is 0 Å². The van der Waals surface area contributed by atoms with Crippen molar-refractivity contribution in [3.05, 3.63) is 0 Å². The first-order valence-electron chi connectivity index (χ1n) is 1.000. The lowest BCUT2D eigenvalue weighted by Gasteiger charge is -1.25. The second-order valence-corrected chi connectivity index (χ2v) is 0. The van der Waals surface area contributed by atoms with Crippen LogP contribution in [0.4, 0.5) is 0 Å². The minimum Gasteiger partial charge on any atom is -0.255 e. The van der Waals surface area contributed by atoms with Crippen LogP contribution in [0, 0.1) is 0 Å². The molecule has 0 bridgehead atoms. The smallest absolute Gasteiger partial charge is 0.255 e. The van der Waals surface area contributed by atoms with E-state index < -0.39 is 0 Å². The Hall–Kier alpha value is -0.400. The van der Waals surface area contributed by atoms with E-state index >= 15 is 0 Å². The number of hydrogen-bond acceptors (Lipinski definition) is 10. The fourth-order valence-corrected chi connectivity index (χ4v) is 0. The molecule has 0 rings (SSSR count). The van der Waals surface area contributed by atoms with Gasteiger partial charge in [-0.1, -0.05) is 0 Å². The summed E-state index contributed by atoms with van der Waals surface area (Å²) >= 11 is 0. The zero-order valence-electron chi connectivity index (χ0n) is 4.47. The lowest BCUT2D eigenvalue weighted by Crippen LogP contribution is -1.29. The van der Waals surface area contributed by atoms with Crippen LogP contribution < -0.4 is 0 Å². The quantitative estimate of drug-likeness (QED) is 0.175. The molecule has 0 saturated carbocycles. The molecule has 0 aliphatic rings. The highest BCUT2D eigenvalue weighted by atomic mass is 17.0. The highest BCUT2D eigenvalue weighted by Gasteiger charge is 0.753. The van der Waals surface area contributed by atoms with Gasteiger partial charge in [-0.05, 0) is 0 Å². The maximum Gasteiger partial charge on any atom is -0.255 e. The summed E-state index contributed by atoms with van der Waals surface area (Å²) in [4.78, 5) is 0. The van der Waals surface area contributed by atoms with Crippen LogP contribution in [-0.4, -0.2) is 52.6 Å². The number of rotatable bonds is 0. The molecule has 0 atom stereocenters. The molecule has 10 nitrogen and oxygen atoms in total. The zero-order chi connectivity index (χ0) is 10.0.